The highest BCUT2D eigenvalue weighted by Gasteiger charge is 2.27. The molecule has 0 saturated carbocycles. The van der Waals surface area contributed by atoms with Crippen LogP contribution < -0.4 is 5.32 Å². The summed E-state index contributed by atoms with van der Waals surface area (Å²) in [6, 6.07) is 6.60. The Bertz CT molecular complexity index is 322. The molecule has 0 radical (unpaired) electrons. The van der Waals surface area contributed by atoms with Crippen LogP contribution >= 0.6 is 0 Å². The first-order valence-electron chi connectivity index (χ1n) is 4.70. The van der Waals surface area contributed by atoms with E-state index < -0.39 is 0 Å². The highest BCUT2D eigenvalue weighted by Crippen LogP contribution is 2.35. The number of nitrogens with one attached hydrogen (secondary N) is 1. The van der Waals surface area contributed by atoms with Crippen LogP contribution in [0, 0.1) is 6.92 Å². The van der Waals surface area contributed by atoms with E-state index >= 15 is 0 Å². The van der Waals surface area contributed by atoms with Crippen LogP contribution in [-0.4, -0.2) is 17.8 Å². The van der Waals surface area contributed by atoms with Crippen LogP contribution in [0.3, 0.4) is 0 Å². The van der Waals surface area contributed by atoms with Gasteiger partial charge in [-0.2, -0.15) is 0 Å². The van der Waals surface area contributed by atoms with Crippen molar-refractivity contribution in [2.75, 3.05) is 11.9 Å². The molecule has 2 rings (SSSR count). The van der Waals surface area contributed by atoms with Gasteiger partial charge in [0.05, 0.1) is 12.6 Å². The molecule has 13 heavy (non-hydrogen) atoms. The Labute approximate surface area is 78.6 Å². The van der Waals surface area contributed by atoms with E-state index in [-0.39, 0.29) is 12.6 Å². The second kappa shape index (κ2) is 3.04. The molecule has 1 aliphatic heterocycles. The van der Waals surface area contributed by atoms with Crippen LogP contribution in [0.2, 0.25) is 0 Å². The van der Waals surface area contributed by atoms with E-state index in [4.69, 9.17) is 5.11 Å². The lowest BCUT2D eigenvalue weighted by Gasteiger charge is -2.12. The number of aryl methyl sites for hydroxylation is 1. The maximum atomic E-state index is 9.12. The molecule has 0 amide bonds. The van der Waals surface area contributed by atoms with Gasteiger partial charge in [-0.1, -0.05) is 19.1 Å². The first-order valence-corrected chi connectivity index (χ1v) is 4.70. The average Bonchev–Trinajstić information content (AvgIpc) is 2.42. The first-order chi connectivity index (χ1) is 6.22. The zero-order valence-corrected chi connectivity index (χ0v) is 8.04. The summed E-state index contributed by atoms with van der Waals surface area (Å²) in [5.41, 5.74) is 3.77. The lowest BCUT2D eigenvalue weighted by atomic mass is 9.97. The molecule has 2 heteroatoms. The van der Waals surface area contributed by atoms with Gasteiger partial charge in [-0.05, 0) is 24.1 Å². The monoisotopic (exact) mass is 177 g/mol. The average molecular weight is 177 g/mol. The molecule has 0 bridgehead atoms. The SMILES string of the molecule is Cc1ccc2c(c1)NC(CO)C2C. The van der Waals surface area contributed by atoms with E-state index in [2.05, 4.69) is 37.4 Å². The van der Waals surface area contributed by atoms with Gasteiger partial charge < -0.3 is 10.4 Å². The molecule has 2 atom stereocenters. The van der Waals surface area contributed by atoms with E-state index in [0.717, 1.165) is 0 Å². The molecule has 0 aliphatic carbocycles. The summed E-state index contributed by atoms with van der Waals surface area (Å²) in [6.07, 6.45) is 0. The summed E-state index contributed by atoms with van der Waals surface area (Å²) in [4.78, 5) is 0. The molecular formula is C11H15NO. The van der Waals surface area contributed by atoms with Gasteiger partial charge in [-0.25, -0.2) is 0 Å². The molecule has 1 aliphatic rings. The van der Waals surface area contributed by atoms with Gasteiger partial charge in [0.25, 0.3) is 0 Å². The third-order valence-corrected chi connectivity index (χ3v) is 2.84. The summed E-state index contributed by atoms with van der Waals surface area (Å²) in [5.74, 6) is 0.417. The zero-order chi connectivity index (χ0) is 9.42. The largest absolute Gasteiger partial charge is 0.394 e. The van der Waals surface area contributed by atoms with Crippen molar-refractivity contribution in [1.29, 1.82) is 0 Å². The van der Waals surface area contributed by atoms with Gasteiger partial charge in [0.1, 0.15) is 0 Å². The normalized spacial score (nSPS) is 25.5. The van der Waals surface area contributed by atoms with Gasteiger partial charge in [0.2, 0.25) is 0 Å². The summed E-state index contributed by atoms with van der Waals surface area (Å²) in [5, 5.41) is 12.4. The van der Waals surface area contributed by atoms with E-state index in [1.54, 1.807) is 0 Å². The number of rotatable bonds is 1. The predicted octanol–water partition coefficient (Wildman–Crippen LogP) is 1.88. The van der Waals surface area contributed by atoms with Gasteiger partial charge in [-0.15, -0.1) is 0 Å². The molecule has 0 spiro atoms. The fourth-order valence-electron chi connectivity index (χ4n) is 1.94. The van der Waals surface area contributed by atoms with Gasteiger partial charge in [-0.3, -0.25) is 0 Å². The topological polar surface area (TPSA) is 32.3 Å². The van der Waals surface area contributed by atoms with Gasteiger partial charge in [0, 0.05) is 11.6 Å². The molecule has 1 aromatic carbocycles. The number of aliphatic hydroxyl groups excluding tert-OH is 1. The smallest absolute Gasteiger partial charge is 0.0638 e. The first kappa shape index (κ1) is 8.57. The van der Waals surface area contributed by atoms with Crippen LogP contribution in [-0.2, 0) is 0 Å². The van der Waals surface area contributed by atoms with E-state index in [1.807, 2.05) is 0 Å². The van der Waals surface area contributed by atoms with Crippen LogP contribution in [0.4, 0.5) is 5.69 Å². The molecule has 0 saturated heterocycles. The van der Waals surface area contributed by atoms with Crippen LogP contribution in [0.15, 0.2) is 18.2 Å². The van der Waals surface area contributed by atoms with Crippen LogP contribution in [0.1, 0.15) is 24.0 Å². The summed E-state index contributed by atoms with van der Waals surface area (Å²) >= 11 is 0. The fraction of sp³-hybridized carbons (Fsp3) is 0.455. The summed E-state index contributed by atoms with van der Waals surface area (Å²) in [6.45, 7) is 4.43. The second-order valence-electron chi connectivity index (χ2n) is 3.81. The predicted molar refractivity (Wildman–Crippen MR) is 54.1 cm³/mol. The van der Waals surface area contributed by atoms with Crippen molar-refractivity contribution in [2.45, 2.75) is 25.8 Å². The highest BCUT2D eigenvalue weighted by molar-refractivity contribution is 5.60. The van der Waals surface area contributed by atoms with E-state index in [9.17, 15) is 0 Å². The minimum absolute atomic E-state index is 0.191. The Balaban J connectivity index is 2.38. The molecule has 1 heterocycles. The quantitative estimate of drug-likeness (QED) is 0.686. The number of fused-ring (bicyclic) bond motifs is 1. The molecule has 0 aromatic heterocycles. The molecule has 0 fully saturated rings. The number of benzene rings is 1. The third-order valence-electron chi connectivity index (χ3n) is 2.84. The maximum Gasteiger partial charge on any atom is 0.0638 e. The molecule has 70 valence electrons. The number of hydrogen-bond donors (Lipinski definition) is 2. The summed E-state index contributed by atoms with van der Waals surface area (Å²) in [7, 11) is 0. The molecule has 1 aromatic rings. The van der Waals surface area contributed by atoms with Crippen molar-refractivity contribution in [3.63, 3.8) is 0 Å². The van der Waals surface area contributed by atoms with Crippen molar-refractivity contribution in [2.24, 2.45) is 0 Å². The Morgan fingerprint density at radius 2 is 2.23 bits per heavy atom. The minimum atomic E-state index is 0.191. The van der Waals surface area contributed by atoms with Gasteiger partial charge >= 0.3 is 0 Å². The van der Waals surface area contributed by atoms with E-state index in [0.29, 0.717) is 5.92 Å². The fourth-order valence-corrected chi connectivity index (χ4v) is 1.94. The van der Waals surface area contributed by atoms with E-state index in [1.165, 1.54) is 16.8 Å². The zero-order valence-electron chi connectivity index (χ0n) is 8.04. The third kappa shape index (κ3) is 1.31. The Hall–Kier alpha value is -1.02. The molecule has 2 nitrogen and oxygen atoms in total. The van der Waals surface area contributed by atoms with Crippen molar-refractivity contribution in [1.82, 2.24) is 0 Å². The Kier molecular flexibility index (Phi) is 2.00. The minimum Gasteiger partial charge on any atom is -0.394 e. The number of hydrogen-bond acceptors (Lipinski definition) is 2. The second-order valence-corrected chi connectivity index (χ2v) is 3.81. The highest BCUT2D eigenvalue weighted by atomic mass is 16.3. The Morgan fingerprint density at radius 1 is 1.46 bits per heavy atom. The Morgan fingerprint density at radius 3 is 2.92 bits per heavy atom. The van der Waals surface area contributed by atoms with Crippen molar-refractivity contribution >= 4 is 5.69 Å². The molecular weight excluding hydrogens is 162 g/mol. The van der Waals surface area contributed by atoms with Crippen LogP contribution in [0.25, 0.3) is 0 Å². The molecule has 2 unspecified atom stereocenters. The standard InChI is InChI=1S/C11H15NO/c1-7-3-4-9-8(2)11(6-13)12-10(9)5-7/h3-5,8,11-13H,6H2,1-2H3. The number of aliphatic hydroxyl groups is 1. The van der Waals surface area contributed by atoms with Crippen LogP contribution in [0.5, 0.6) is 0 Å². The van der Waals surface area contributed by atoms with Crippen molar-refractivity contribution < 1.29 is 5.11 Å². The molecule has 2 N–H and O–H groups in total. The lowest BCUT2D eigenvalue weighted by Crippen LogP contribution is -2.22. The van der Waals surface area contributed by atoms with Crippen molar-refractivity contribution in [3.8, 4) is 0 Å². The van der Waals surface area contributed by atoms with Gasteiger partial charge in [0.15, 0.2) is 0 Å². The summed E-state index contributed by atoms with van der Waals surface area (Å²) < 4.78 is 0. The van der Waals surface area contributed by atoms with Crippen molar-refractivity contribution in [3.05, 3.63) is 29.3 Å². The maximum absolute atomic E-state index is 9.12. The lowest BCUT2D eigenvalue weighted by molar-refractivity contribution is 0.266. The number of anilines is 1.